The molecule has 2 heterocycles. The Morgan fingerprint density at radius 1 is 1.10 bits per heavy atom. The van der Waals surface area contributed by atoms with Crippen molar-refractivity contribution in [3.8, 4) is 0 Å². The fourth-order valence-electron chi connectivity index (χ4n) is 4.62. The van der Waals surface area contributed by atoms with Gasteiger partial charge in [-0.25, -0.2) is 4.79 Å². The second-order valence-electron chi connectivity index (χ2n) is 8.74. The van der Waals surface area contributed by atoms with Gasteiger partial charge in [-0.05, 0) is 64.0 Å². The normalized spacial score (nSPS) is 19.5. The summed E-state index contributed by atoms with van der Waals surface area (Å²) >= 11 is 0. The number of anilines is 1. The summed E-state index contributed by atoms with van der Waals surface area (Å²) in [6.45, 7) is 6.43. The molecule has 160 valence electrons. The maximum absolute atomic E-state index is 12.5. The highest BCUT2D eigenvalue weighted by atomic mass is 16.2. The Morgan fingerprint density at radius 2 is 1.90 bits per heavy atom. The van der Waals surface area contributed by atoms with E-state index in [0.717, 1.165) is 62.3 Å². The lowest BCUT2D eigenvalue weighted by Gasteiger charge is -2.20. The Kier molecular flexibility index (Phi) is 7.90. The molecule has 3 amide bonds. The maximum atomic E-state index is 12.5. The van der Waals surface area contributed by atoms with E-state index in [9.17, 15) is 9.59 Å². The predicted octanol–water partition coefficient (Wildman–Crippen LogP) is 4.42. The van der Waals surface area contributed by atoms with Crippen molar-refractivity contribution in [3.05, 3.63) is 23.5 Å². The van der Waals surface area contributed by atoms with Gasteiger partial charge in [-0.1, -0.05) is 25.7 Å². The van der Waals surface area contributed by atoms with Gasteiger partial charge < -0.3 is 15.5 Å². The van der Waals surface area contributed by atoms with E-state index in [4.69, 9.17) is 0 Å². The Bertz CT molecular complexity index is 700. The Hall–Kier alpha value is -2.11. The van der Waals surface area contributed by atoms with Crippen LogP contribution in [0.15, 0.2) is 12.1 Å². The lowest BCUT2D eigenvalue weighted by molar-refractivity contribution is -0.134. The van der Waals surface area contributed by atoms with Gasteiger partial charge in [-0.3, -0.25) is 9.78 Å². The number of urea groups is 1. The van der Waals surface area contributed by atoms with E-state index >= 15 is 0 Å². The van der Waals surface area contributed by atoms with Crippen LogP contribution in [0.25, 0.3) is 0 Å². The molecule has 1 aliphatic carbocycles. The molecule has 1 saturated heterocycles. The van der Waals surface area contributed by atoms with E-state index in [2.05, 4.69) is 20.5 Å². The molecule has 0 spiro atoms. The zero-order chi connectivity index (χ0) is 20.6. The number of nitrogens with one attached hydrogen (secondary N) is 2. The summed E-state index contributed by atoms with van der Waals surface area (Å²) in [6.07, 6.45) is 10.2. The number of aryl methyl sites for hydroxylation is 2. The van der Waals surface area contributed by atoms with Gasteiger partial charge in [0.1, 0.15) is 0 Å². The third-order valence-electron chi connectivity index (χ3n) is 6.35. The van der Waals surface area contributed by atoms with Crippen LogP contribution in [0.4, 0.5) is 10.5 Å². The Morgan fingerprint density at radius 3 is 2.66 bits per heavy atom. The molecule has 0 bridgehead atoms. The van der Waals surface area contributed by atoms with Crippen LogP contribution in [0.2, 0.25) is 0 Å². The summed E-state index contributed by atoms with van der Waals surface area (Å²) < 4.78 is 0. The molecule has 1 aromatic heterocycles. The van der Waals surface area contributed by atoms with E-state index in [1.165, 1.54) is 25.7 Å². The van der Waals surface area contributed by atoms with Gasteiger partial charge in [0.15, 0.2) is 0 Å². The van der Waals surface area contributed by atoms with Crippen LogP contribution in [0.3, 0.4) is 0 Å². The molecule has 1 saturated carbocycles. The summed E-state index contributed by atoms with van der Waals surface area (Å²) in [6, 6.07) is 3.61. The lowest BCUT2D eigenvalue weighted by Crippen LogP contribution is -2.33. The number of amides is 3. The number of carbonyl (C=O) groups is 2. The first kappa shape index (κ1) is 21.6. The van der Waals surface area contributed by atoms with E-state index in [1.807, 2.05) is 26.0 Å². The maximum Gasteiger partial charge on any atom is 0.319 e. The number of hydrogen-bond acceptors (Lipinski definition) is 3. The molecular formula is C23H36N4O2. The number of likely N-dealkylation sites (tertiary alicyclic amines) is 1. The van der Waals surface area contributed by atoms with E-state index < -0.39 is 0 Å². The van der Waals surface area contributed by atoms with Crippen molar-refractivity contribution in [2.24, 2.45) is 11.8 Å². The fraction of sp³-hybridized carbons (Fsp3) is 0.696. The van der Waals surface area contributed by atoms with Crippen molar-refractivity contribution in [3.63, 3.8) is 0 Å². The number of aromatic nitrogens is 1. The van der Waals surface area contributed by atoms with E-state index in [1.54, 1.807) is 0 Å². The second-order valence-corrected chi connectivity index (χ2v) is 8.74. The number of carbonyl (C=O) groups excluding carboxylic acids is 2. The van der Waals surface area contributed by atoms with Crippen molar-refractivity contribution < 1.29 is 9.59 Å². The minimum Gasteiger partial charge on any atom is -0.342 e. The molecular weight excluding hydrogens is 364 g/mol. The molecule has 29 heavy (non-hydrogen) atoms. The van der Waals surface area contributed by atoms with Gasteiger partial charge in [0.05, 0.1) is 11.4 Å². The van der Waals surface area contributed by atoms with Crippen molar-refractivity contribution in [2.45, 2.75) is 71.6 Å². The second kappa shape index (κ2) is 10.6. The zero-order valence-corrected chi connectivity index (χ0v) is 18.0. The topological polar surface area (TPSA) is 74.3 Å². The van der Waals surface area contributed by atoms with Gasteiger partial charge >= 0.3 is 6.03 Å². The summed E-state index contributed by atoms with van der Waals surface area (Å²) in [7, 11) is 0. The van der Waals surface area contributed by atoms with Crippen LogP contribution in [0, 0.1) is 25.7 Å². The smallest absolute Gasteiger partial charge is 0.319 e. The van der Waals surface area contributed by atoms with Gasteiger partial charge in [-0.15, -0.1) is 0 Å². The van der Waals surface area contributed by atoms with Gasteiger partial charge in [-0.2, -0.15) is 0 Å². The molecule has 2 N–H and O–H groups in total. The van der Waals surface area contributed by atoms with Crippen LogP contribution < -0.4 is 10.6 Å². The molecule has 2 aliphatic rings. The van der Waals surface area contributed by atoms with Crippen molar-refractivity contribution >= 4 is 17.6 Å². The van der Waals surface area contributed by atoms with Crippen LogP contribution >= 0.6 is 0 Å². The molecule has 1 aromatic rings. The lowest BCUT2D eigenvalue weighted by atomic mass is 10.0. The standard InChI is InChI=1S/C23H36N4O2/c1-17-11-12-21(18(2)25-17)26-23(29)24-14-7-3-4-8-19-13-15-27(16-19)22(28)20-9-5-6-10-20/h11-12,19-20H,3-10,13-16H2,1-2H3,(H2,24,26,29). The third-order valence-corrected chi connectivity index (χ3v) is 6.35. The first-order valence-electron chi connectivity index (χ1n) is 11.3. The monoisotopic (exact) mass is 400 g/mol. The number of unbranched alkanes of at least 4 members (excludes halogenated alkanes) is 2. The van der Waals surface area contributed by atoms with Gasteiger partial charge in [0.2, 0.25) is 5.91 Å². The SMILES string of the molecule is Cc1ccc(NC(=O)NCCCCCC2CCN(C(=O)C3CCCC3)C2)c(C)n1. The molecule has 3 rings (SSSR count). The number of rotatable bonds is 8. The van der Waals surface area contributed by atoms with Crippen LogP contribution in [-0.4, -0.2) is 41.5 Å². The predicted molar refractivity (Wildman–Crippen MR) is 116 cm³/mol. The average molecular weight is 401 g/mol. The quantitative estimate of drug-likeness (QED) is 0.634. The third kappa shape index (κ3) is 6.44. The van der Waals surface area contributed by atoms with Crippen molar-refractivity contribution in [2.75, 3.05) is 25.0 Å². The molecule has 0 aromatic carbocycles. The highest BCUT2D eigenvalue weighted by Crippen LogP contribution is 2.30. The summed E-state index contributed by atoms with van der Waals surface area (Å²) in [4.78, 5) is 31.0. The molecule has 1 atom stereocenters. The highest BCUT2D eigenvalue weighted by Gasteiger charge is 2.31. The molecule has 1 aliphatic heterocycles. The summed E-state index contributed by atoms with van der Waals surface area (Å²) in [5.74, 6) is 1.39. The fourth-order valence-corrected chi connectivity index (χ4v) is 4.62. The highest BCUT2D eigenvalue weighted by molar-refractivity contribution is 5.89. The van der Waals surface area contributed by atoms with Crippen LogP contribution in [-0.2, 0) is 4.79 Å². The molecule has 1 unspecified atom stereocenters. The Balaban J connectivity index is 1.24. The van der Waals surface area contributed by atoms with Crippen molar-refractivity contribution in [1.82, 2.24) is 15.2 Å². The average Bonchev–Trinajstić information content (AvgIpc) is 3.38. The molecule has 0 radical (unpaired) electrons. The zero-order valence-electron chi connectivity index (χ0n) is 18.0. The van der Waals surface area contributed by atoms with Crippen molar-refractivity contribution in [1.29, 1.82) is 0 Å². The minimum atomic E-state index is -0.171. The first-order valence-corrected chi connectivity index (χ1v) is 11.3. The number of nitrogens with zero attached hydrogens (tertiary/aromatic N) is 2. The number of pyridine rings is 1. The summed E-state index contributed by atoms with van der Waals surface area (Å²) in [5.41, 5.74) is 2.53. The number of hydrogen-bond donors (Lipinski definition) is 2. The first-order chi connectivity index (χ1) is 14.0. The van der Waals surface area contributed by atoms with E-state index in [0.29, 0.717) is 24.3 Å². The van der Waals surface area contributed by atoms with Gasteiger partial charge in [0.25, 0.3) is 0 Å². The largest absolute Gasteiger partial charge is 0.342 e. The molecule has 6 nitrogen and oxygen atoms in total. The minimum absolute atomic E-state index is 0.171. The Labute approximate surface area is 174 Å². The molecule has 2 fully saturated rings. The molecule has 6 heteroatoms. The van der Waals surface area contributed by atoms with Crippen LogP contribution in [0.5, 0.6) is 0 Å². The van der Waals surface area contributed by atoms with E-state index in [-0.39, 0.29) is 6.03 Å². The van der Waals surface area contributed by atoms with Gasteiger partial charge in [0, 0.05) is 31.2 Å². The summed E-state index contributed by atoms with van der Waals surface area (Å²) in [5, 5.41) is 5.79. The van der Waals surface area contributed by atoms with Crippen LogP contribution in [0.1, 0.15) is 69.2 Å².